The number of hydrogen-bond acceptors (Lipinski definition) is 17. The summed E-state index contributed by atoms with van der Waals surface area (Å²) in [5.41, 5.74) is 6.29. The van der Waals surface area contributed by atoms with Crippen LogP contribution in [0.5, 0.6) is 0 Å². The van der Waals surface area contributed by atoms with Gasteiger partial charge in [-0.15, -0.1) is 0 Å². The monoisotopic (exact) mass is 1180 g/mol. The number of carbonyl (C=O) groups excluding carboxylic acids is 1. The summed E-state index contributed by atoms with van der Waals surface area (Å²) in [5, 5.41) is 123. The summed E-state index contributed by atoms with van der Waals surface area (Å²) in [5.74, 6) is -3.67. The second-order valence-electron chi connectivity index (χ2n) is 20.9. The van der Waals surface area contributed by atoms with Crippen LogP contribution < -0.4 is 5.73 Å². The van der Waals surface area contributed by atoms with Crippen LogP contribution in [0, 0.1) is 17.8 Å². The van der Waals surface area contributed by atoms with Gasteiger partial charge >= 0.3 is 16.4 Å². The number of hydrogen-bond donors (Lipinski definition) is 14. The third-order valence-corrected chi connectivity index (χ3v) is 13.7. The van der Waals surface area contributed by atoms with Crippen molar-refractivity contribution in [1.29, 1.82) is 0 Å². The van der Waals surface area contributed by atoms with E-state index in [-0.39, 0.29) is 70.1 Å². The Hall–Kier alpha value is -4.59. The van der Waals surface area contributed by atoms with Gasteiger partial charge in [-0.25, -0.2) is 8.98 Å². The number of aliphatic carboxylic acids is 1. The van der Waals surface area contributed by atoms with Crippen LogP contribution in [0.4, 0.5) is 0 Å². The molecule has 0 heterocycles. The molecule has 0 aromatic heterocycles. The number of aliphatic hydroxyl groups excluding tert-OH is 11. The highest BCUT2D eigenvalue weighted by molar-refractivity contribution is 7.80. The summed E-state index contributed by atoms with van der Waals surface area (Å²) in [6.07, 6.45) is 29.2. The normalized spacial score (nSPS) is 19.2. The fraction of sp³-hybridized carbons (Fsp3) is 0.581. The van der Waals surface area contributed by atoms with Crippen molar-refractivity contribution in [3.8, 4) is 0 Å². The predicted octanol–water partition coefficient (Wildman–Crippen LogP) is 5.97. The average Bonchev–Trinajstić information content (AvgIpc) is 3.38. The number of rotatable bonds is 47. The number of allylic oxidation sites excluding steroid dienone is 19. The Balaban J connectivity index is 4.98. The molecular weight excluding hydrogens is 1080 g/mol. The number of ketones is 1. The van der Waals surface area contributed by atoms with Gasteiger partial charge in [0.15, 0.2) is 0 Å². The van der Waals surface area contributed by atoms with E-state index >= 15 is 0 Å². The summed E-state index contributed by atoms with van der Waals surface area (Å²) in [4.78, 5) is 23.9. The summed E-state index contributed by atoms with van der Waals surface area (Å²) in [7, 11) is -4.97. The second kappa shape index (κ2) is 46.7. The van der Waals surface area contributed by atoms with Gasteiger partial charge in [0.05, 0.1) is 73.2 Å². The van der Waals surface area contributed by atoms with E-state index in [0.717, 1.165) is 37.3 Å². The van der Waals surface area contributed by atoms with Gasteiger partial charge in [-0.3, -0.25) is 9.35 Å². The maximum atomic E-state index is 13.4. The smallest absolute Gasteiger partial charge is 0.397 e. The molecule has 0 aromatic rings. The topological polar surface area (TPSA) is 367 Å². The van der Waals surface area contributed by atoms with Crippen LogP contribution >= 0.6 is 0 Å². The molecule has 466 valence electrons. The molecule has 0 aliphatic carbocycles. The molecule has 0 aliphatic heterocycles. The summed E-state index contributed by atoms with van der Waals surface area (Å²) >= 11 is 0. The van der Waals surface area contributed by atoms with Crippen molar-refractivity contribution in [1.82, 2.24) is 0 Å². The van der Waals surface area contributed by atoms with Crippen molar-refractivity contribution in [2.75, 3.05) is 6.54 Å². The standard InChI is InChI=1S/C62H99NO18S/c1-5-28-48(30-23-19-15-12-13-17-21-25-35-60(74)75)61(76)45(2)29-22-18-14-10-8-6-7-9-11-16-20-24-34-59(81-82(78,79)80)47(4)62(77)46(3)58(73)44-51(66)32-26-31-49(64)37-52(67)39-54(69)41-56(71)43-57(72)42-55(70)40-53(68)38-50(65)33-27-36-63/h6-22,24-26,29,32,35,46-59,61,64-73,76H,5,23,27-28,30-31,33-34,36-44,63H2,1-4H3,(H,74,75)(H,78,79,80)/b8-6+,9-7+,13-12+,14-10+,16-11+,19-15+,21-17+,22-18+,24-20+,32-26+,35-25+,45-29+/t46?,47?,48?,49-,50?,51-,52+,53-,54+,55+,56+,57-,58-,59-,61+/m0/s1. The van der Waals surface area contributed by atoms with Gasteiger partial charge < -0.3 is 67.0 Å². The molecule has 15 N–H and O–H groups in total. The molecule has 82 heavy (non-hydrogen) atoms. The minimum atomic E-state index is -4.97. The van der Waals surface area contributed by atoms with Crippen molar-refractivity contribution in [3.05, 3.63) is 145 Å². The van der Waals surface area contributed by atoms with E-state index < -0.39 is 107 Å². The molecule has 4 unspecified atom stereocenters. The minimum absolute atomic E-state index is 0.0277. The first kappa shape index (κ1) is 77.4. The number of carboxylic acids is 1. The van der Waals surface area contributed by atoms with Crippen LogP contribution in [0.25, 0.3) is 0 Å². The summed E-state index contributed by atoms with van der Waals surface area (Å²) < 4.78 is 37.7. The van der Waals surface area contributed by atoms with E-state index in [9.17, 15) is 78.7 Å². The van der Waals surface area contributed by atoms with E-state index in [1.165, 1.54) is 32.1 Å². The highest BCUT2D eigenvalue weighted by Crippen LogP contribution is 2.25. The molecule has 0 aliphatic rings. The molecule has 0 aromatic carbocycles. The first-order chi connectivity index (χ1) is 38.8. The van der Waals surface area contributed by atoms with Crippen molar-refractivity contribution in [3.63, 3.8) is 0 Å². The number of nitrogens with two attached hydrogens (primary N) is 1. The van der Waals surface area contributed by atoms with E-state index in [2.05, 4.69) is 6.92 Å². The molecule has 0 spiro atoms. The molecule has 15 atom stereocenters. The van der Waals surface area contributed by atoms with Gasteiger partial charge in [-0.1, -0.05) is 161 Å². The molecule has 0 fully saturated rings. The number of Topliss-reactive ketones (excluding diaryl/α,β-unsaturated/α-hetero) is 1. The van der Waals surface area contributed by atoms with Crippen LogP contribution in [0.1, 0.15) is 130 Å². The highest BCUT2D eigenvalue weighted by atomic mass is 32.3. The van der Waals surface area contributed by atoms with Gasteiger partial charge in [-0.05, 0) is 115 Å². The van der Waals surface area contributed by atoms with Crippen molar-refractivity contribution >= 4 is 22.2 Å². The van der Waals surface area contributed by atoms with Crippen molar-refractivity contribution in [2.45, 2.75) is 204 Å². The van der Waals surface area contributed by atoms with E-state index in [1.54, 1.807) is 48.6 Å². The van der Waals surface area contributed by atoms with Crippen molar-refractivity contribution in [2.24, 2.45) is 23.5 Å². The molecule has 20 heteroatoms. The fourth-order valence-electron chi connectivity index (χ4n) is 8.79. The quantitative estimate of drug-likeness (QED) is 0.0144. The molecule has 0 amide bonds. The van der Waals surface area contributed by atoms with Crippen LogP contribution in [0.15, 0.2) is 145 Å². The Bertz CT molecular complexity index is 2210. The highest BCUT2D eigenvalue weighted by Gasteiger charge is 2.34. The molecule has 0 saturated carbocycles. The number of aliphatic hydroxyl groups is 11. The van der Waals surface area contributed by atoms with Crippen molar-refractivity contribution < 1.29 is 88.0 Å². The van der Waals surface area contributed by atoms with Gasteiger partial charge in [0, 0.05) is 24.3 Å². The van der Waals surface area contributed by atoms with Crippen LogP contribution in [-0.4, -0.2) is 166 Å². The minimum Gasteiger partial charge on any atom is -0.478 e. The molecule has 0 radical (unpaired) electrons. The Labute approximate surface area is 487 Å². The SMILES string of the molecule is CCCC(CC/C=C/C=C/C=C/C=C/C(=O)O)[C@H](O)/C(C)=C/C=C/C=C/C=C/C=C/C=C/C=C/C[C@H](OS(=O)(=O)O)C(C)C(=O)C(C)[C@@H](O)C[C@@H](O)/C=C/C[C@H](O)C[C@@H](O)C[C@@H](O)C[C@@H](O)C[C@@H](O)C[C@H](O)C[C@@H](O)CC(O)CCCN. The zero-order valence-electron chi connectivity index (χ0n) is 48.3. The van der Waals surface area contributed by atoms with E-state index in [0.29, 0.717) is 19.4 Å². The second-order valence-corrected chi connectivity index (χ2v) is 21.9. The molecule has 19 nitrogen and oxygen atoms in total. The Kier molecular flexibility index (Phi) is 44.1. The summed E-state index contributed by atoms with van der Waals surface area (Å²) in [6.45, 7) is 7.22. The first-order valence-corrected chi connectivity index (χ1v) is 29.8. The van der Waals surface area contributed by atoms with Gasteiger partial charge in [-0.2, -0.15) is 8.42 Å². The van der Waals surface area contributed by atoms with Crippen LogP contribution in [0.2, 0.25) is 0 Å². The van der Waals surface area contributed by atoms with Crippen LogP contribution in [-0.2, 0) is 24.2 Å². The van der Waals surface area contributed by atoms with Gasteiger partial charge in [0.2, 0.25) is 0 Å². The molecule has 0 saturated heterocycles. The largest absolute Gasteiger partial charge is 0.478 e. The zero-order valence-corrected chi connectivity index (χ0v) is 49.1. The number of carboxylic acid groups (broad SMARTS) is 1. The third-order valence-electron chi connectivity index (χ3n) is 13.3. The van der Waals surface area contributed by atoms with Gasteiger partial charge in [0.25, 0.3) is 0 Å². The number of carbonyl (C=O) groups is 2. The Morgan fingerprint density at radius 2 is 0.963 bits per heavy atom. The first-order valence-electron chi connectivity index (χ1n) is 28.4. The third kappa shape index (κ3) is 42.3. The summed E-state index contributed by atoms with van der Waals surface area (Å²) in [6, 6.07) is 0. The Morgan fingerprint density at radius 3 is 1.43 bits per heavy atom. The molecular formula is C62H99NO18S. The average molecular weight is 1180 g/mol. The van der Waals surface area contributed by atoms with Gasteiger partial charge in [0.1, 0.15) is 5.78 Å². The lowest BCUT2D eigenvalue weighted by Gasteiger charge is -2.26. The fourth-order valence-corrected chi connectivity index (χ4v) is 9.35. The van der Waals surface area contributed by atoms with E-state index in [4.69, 9.17) is 15.0 Å². The lowest BCUT2D eigenvalue weighted by Crippen LogP contribution is -2.38. The Morgan fingerprint density at radius 1 is 0.524 bits per heavy atom. The molecule has 0 rings (SSSR count). The van der Waals surface area contributed by atoms with E-state index in [1.807, 2.05) is 73.8 Å². The lowest BCUT2D eigenvalue weighted by atomic mass is 9.85. The maximum Gasteiger partial charge on any atom is 0.397 e. The molecule has 0 bridgehead atoms. The zero-order chi connectivity index (χ0) is 61.9. The predicted molar refractivity (Wildman–Crippen MR) is 320 cm³/mol. The van der Waals surface area contributed by atoms with Crippen LogP contribution in [0.3, 0.4) is 0 Å². The maximum absolute atomic E-state index is 13.4. The lowest BCUT2D eigenvalue weighted by molar-refractivity contribution is -0.133.